The van der Waals surface area contributed by atoms with E-state index in [-0.39, 0.29) is 11.5 Å². The molecule has 0 radical (unpaired) electrons. The van der Waals surface area contributed by atoms with Crippen LogP contribution in [-0.4, -0.2) is 39.6 Å². The molecule has 1 aromatic carbocycles. The lowest BCUT2D eigenvalue weighted by Gasteiger charge is -2.29. The number of nitrogens with zero attached hydrogens (tertiary/aromatic N) is 1. The molecule has 1 aromatic rings. The lowest BCUT2D eigenvalue weighted by atomic mass is 10.1. The van der Waals surface area contributed by atoms with E-state index in [0.717, 1.165) is 16.7 Å². The summed E-state index contributed by atoms with van der Waals surface area (Å²) >= 11 is 3.62. The van der Waals surface area contributed by atoms with Crippen LogP contribution in [0.25, 0.3) is 0 Å². The van der Waals surface area contributed by atoms with E-state index in [0.29, 0.717) is 19.1 Å². The van der Waals surface area contributed by atoms with Crippen LogP contribution in [0.15, 0.2) is 22.7 Å². The topological polar surface area (TPSA) is 49.4 Å². The van der Waals surface area contributed by atoms with Gasteiger partial charge in [0, 0.05) is 29.3 Å². The van der Waals surface area contributed by atoms with Gasteiger partial charge < -0.3 is 10.2 Å². The molecule has 1 fully saturated rings. The lowest BCUT2D eigenvalue weighted by Crippen LogP contribution is -2.40. The summed E-state index contributed by atoms with van der Waals surface area (Å²) in [6.07, 6.45) is 0. The quantitative estimate of drug-likeness (QED) is 0.895. The number of hydrogen-bond donors (Lipinski definition) is 1. The van der Waals surface area contributed by atoms with Gasteiger partial charge in [0.15, 0.2) is 9.84 Å². The molecule has 2 rings (SSSR count). The minimum atomic E-state index is -2.83. The van der Waals surface area contributed by atoms with Crippen LogP contribution in [0.4, 0.5) is 5.69 Å². The van der Waals surface area contributed by atoms with E-state index in [9.17, 15) is 8.42 Å². The van der Waals surface area contributed by atoms with Crippen molar-refractivity contribution in [2.24, 2.45) is 0 Å². The maximum absolute atomic E-state index is 11.5. The van der Waals surface area contributed by atoms with Crippen LogP contribution in [0.3, 0.4) is 0 Å². The fourth-order valence-electron chi connectivity index (χ4n) is 2.45. The third kappa shape index (κ3) is 3.74. The number of anilines is 1. The summed E-state index contributed by atoms with van der Waals surface area (Å²) < 4.78 is 24.0. The van der Waals surface area contributed by atoms with Crippen molar-refractivity contribution in [1.29, 1.82) is 0 Å². The predicted octanol–water partition coefficient (Wildman–Crippen LogP) is 2.35. The van der Waals surface area contributed by atoms with Crippen LogP contribution < -0.4 is 10.2 Å². The number of nitrogens with one attached hydrogen (secondary N) is 1. The van der Waals surface area contributed by atoms with Crippen LogP contribution in [-0.2, 0) is 9.84 Å². The predicted molar refractivity (Wildman–Crippen MR) is 87.1 cm³/mol. The van der Waals surface area contributed by atoms with Crippen molar-refractivity contribution in [2.45, 2.75) is 19.9 Å². The van der Waals surface area contributed by atoms with Gasteiger partial charge in [-0.15, -0.1) is 0 Å². The molecule has 1 heterocycles. The number of halogens is 1. The summed E-state index contributed by atoms with van der Waals surface area (Å²) in [6, 6.07) is 6.56. The van der Waals surface area contributed by atoms with Crippen LogP contribution >= 0.6 is 15.9 Å². The first-order chi connectivity index (χ1) is 9.43. The van der Waals surface area contributed by atoms with Gasteiger partial charge in [-0.2, -0.15) is 0 Å². The van der Waals surface area contributed by atoms with Gasteiger partial charge in [0.25, 0.3) is 0 Å². The minimum Gasteiger partial charge on any atom is -0.369 e. The number of benzene rings is 1. The molecular weight excluding hydrogens is 340 g/mol. The summed E-state index contributed by atoms with van der Waals surface area (Å²) in [5.74, 6) is 0.500. The molecule has 0 bridgehead atoms. The van der Waals surface area contributed by atoms with Crippen molar-refractivity contribution in [3.05, 3.63) is 28.2 Å². The van der Waals surface area contributed by atoms with Crippen molar-refractivity contribution in [3.63, 3.8) is 0 Å². The molecule has 1 atom stereocenters. The molecule has 6 heteroatoms. The molecular formula is C14H21BrN2O2S. The summed E-state index contributed by atoms with van der Waals surface area (Å²) in [6.45, 7) is 6.32. The SMILES string of the molecule is CCNC(C)c1ccc(N2CCS(=O)(=O)CC2)cc1Br. The van der Waals surface area contributed by atoms with Gasteiger partial charge in [-0.3, -0.25) is 0 Å². The van der Waals surface area contributed by atoms with Crippen molar-refractivity contribution >= 4 is 31.5 Å². The van der Waals surface area contributed by atoms with Crippen LogP contribution in [0.2, 0.25) is 0 Å². The van der Waals surface area contributed by atoms with Crippen molar-refractivity contribution in [2.75, 3.05) is 36.0 Å². The van der Waals surface area contributed by atoms with Gasteiger partial charge in [0.2, 0.25) is 0 Å². The Bertz CT molecular complexity index is 561. The fraction of sp³-hybridized carbons (Fsp3) is 0.571. The van der Waals surface area contributed by atoms with E-state index in [1.165, 1.54) is 5.56 Å². The molecule has 0 aromatic heterocycles. The molecule has 20 heavy (non-hydrogen) atoms. The Morgan fingerprint density at radius 2 is 2.00 bits per heavy atom. The zero-order chi connectivity index (χ0) is 14.8. The molecule has 0 spiro atoms. The molecule has 112 valence electrons. The molecule has 1 N–H and O–H groups in total. The van der Waals surface area contributed by atoms with Gasteiger partial charge in [0.05, 0.1) is 11.5 Å². The smallest absolute Gasteiger partial charge is 0.153 e. The highest BCUT2D eigenvalue weighted by molar-refractivity contribution is 9.10. The van der Waals surface area contributed by atoms with Crippen molar-refractivity contribution < 1.29 is 8.42 Å². The monoisotopic (exact) mass is 360 g/mol. The fourth-order valence-corrected chi connectivity index (χ4v) is 4.36. The first-order valence-electron chi connectivity index (χ1n) is 6.91. The second-order valence-electron chi connectivity index (χ2n) is 5.12. The van der Waals surface area contributed by atoms with Gasteiger partial charge in [0.1, 0.15) is 0 Å². The molecule has 0 aliphatic carbocycles. The minimum absolute atomic E-state index is 0.250. The third-order valence-electron chi connectivity index (χ3n) is 3.67. The van der Waals surface area contributed by atoms with Gasteiger partial charge in [-0.05, 0) is 31.2 Å². The number of rotatable bonds is 4. The summed E-state index contributed by atoms with van der Waals surface area (Å²) in [7, 11) is -2.83. The highest BCUT2D eigenvalue weighted by Gasteiger charge is 2.22. The lowest BCUT2D eigenvalue weighted by molar-refractivity contribution is 0.586. The van der Waals surface area contributed by atoms with E-state index >= 15 is 0 Å². The molecule has 0 saturated carbocycles. The zero-order valence-electron chi connectivity index (χ0n) is 11.9. The second-order valence-corrected chi connectivity index (χ2v) is 8.28. The normalized spacial score (nSPS) is 19.9. The van der Waals surface area contributed by atoms with E-state index < -0.39 is 9.84 Å². The highest BCUT2D eigenvalue weighted by Crippen LogP contribution is 2.29. The Morgan fingerprint density at radius 3 is 2.55 bits per heavy atom. The number of sulfone groups is 1. The van der Waals surface area contributed by atoms with Gasteiger partial charge in [-0.25, -0.2) is 8.42 Å². The summed E-state index contributed by atoms with van der Waals surface area (Å²) in [5.41, 5.74) is 2.31. The Hall–Kier alpha value is -0.590. The van der Waals surface area contributed by atoms with Crippen LogP contribution in [0.5, 0.6) is 0 Å². The van der Waals surface area contributed by atoms with E-state index in [4.69, 9.17) is 0 Å². The Labute approximate surface area is 129 Å². The van der Waals surface area contributed by atoms with Gasteiger partial charge >= 0.3 is 0 Å². The van der Waals surface area contributed by atoms with Crippen LogP contribution in [0.1, 0.15) is 25.5 Å². The summed E-state index contributed by atoms with van der Waals surface area (Å²) in [5, 5.41) is 3.39. The summed E-state index contributed by atoms with van der Waals surface area (Å²) in [4.78, 5) is 2.13. The second kappa shape index (κ2) is 6.45. The molecule has 1 unspecified atom stereocenters. The highest BCUT2D eigenvalue weighted by atomic mass is 79.9. The maximum atomic E-state index is 11.5. The van der Waals surface area contributed by atoms with Crippen molar-refractivity contribution in [1.82, 2.24) is 5.32 Å². The van der Waals surface area contributed by atoms with E-state index in [1.54, 1.807) is 0 Å². The molecule has 1 aliphatic heterocycles. The molecule has 1 aliphatic rings. The Balaban J connectivity index is 2.13. The zero-order valence-corrected chi connectivity index (χ0v) is 14.3. The molecule has 1 saturated heterocycles. The average Bonchev–Trinajstić information content (AvgIpc) is 2.38. The third-order valence-corrected chi connectivity index (χ3v) is 5.97. The molecule has 4 nitrogen and oxygen atoms in total. The van der Waals surface area contributed by atoms with Crippen molar-refractivity contribution in [3.8, 4) is 0 Å². The first kappa shape index (κ1) is 15.8. The largest absolute Gasteiger partial charge is 0.369 e. The standard InChI is InChI=1S/C14H21BrN2O2S/c1-3-16-11(2)13-5-4-12(10-14(13)15)17-6-8-20(18,19)9-7-17/h4-5,10-11,16H,3,6-9H2,1-2H3. The molecule has 0 amide bonds. The van der Waals surface area contributed by atoms with E-state index in [1.807, 2.05) is 0 Å². The average molecular weight is 361 g/mol. The maximum Gasteiger partial charge on any atom is 0.153 e. The number of hydrogen-bond acceptors (Lipinski definition) is 4. The first-order valence-corrected chi connectivity index (χ1v) is 9.52. The Morgan fingerprint density at radius 1 is 1.35 bits per heavy atom. The Kier molecular flexibility index (Phi) is 5.09. The van der Waals surface area contributed by atoms with Crippen LogP contribution in [0, 0.1) is 0 Å². The van der Waals surface area contributed by atoms with E-state index in [2.05, 4.69) is 58.2 Å². The van der Waals surface area contributed by atoms with Gasteiger partial charge in [-0.1, -0.05) is 28.9 Å².